The van der Waals surface area contributed by atoms with Gasteiger partial charge in [0.25, 0.3) is 0 Å². The van der Waals surface area contributed by atoms with Gasteiger partial charge in [-0.15, -0.1) is 0 Å². The Bertz CT molecular complexity index is 222. The molecule has 0 aromatic carbocycles. The van der Waals surface area contributed by atoms with Gasteiger partial charge in [0.05, 0.1) is 0 Å². The summed E-state index contributed by atoms with van der Waals surface area (Å²) >= 11 is 0. The Balaban J connectivity index is 2.89. The molecule has 0 radical (unpaired) electrons. The van der Waals surface area contributed by atoms with Gasteiger partial charge in [0.15, 0.2) is 0 Å². The molecule has 0 aromatic rings. The summed E-state index contributed by atoms with van der Waals surface area (Å²) < 4.78 is 0. The van der Waals surface area contributed by atoms with Crippen molar-refractivity contribution in [1.29, 1.82) is 0 Å². The lowest BCUT2D eigenvalue weighted by atomic mass is 10.1. The molecule has 0 heterocycles. The maximum atomic E-state index is 2.17. The van der Waals surface area contributed by atoms with Crippen molar-refractivity contribution in [3.05, 3.63) is 47.6 Å². The Labute approximate surface area is 62.3 Å². The van der Waals surface area contributed by atoms with Crippen LogP contribution in [0, 0.1) is 0 Å². The van der Waals surface area contributed by atoms with Crippen LogP contribution in [0.2, 0.25) is 0 Å². The minimum Gasteiger partial charge on any atom is -0.0622 e. The maximum Gasteiger partial charge on any atom is -0.0398 e. The number of allylic oxidation sites excluding steroid dienone is 8. The lowest BCUT2D eigenvalue weighted by Crippen LogP contribution is -1.74. The molecule has 1 aliphatic rings. The van der Waals surface area contributed by atoms with Gasteiger partial charge in [-0.05, 0) is 13.8 Å². The predicted octanol–water partition coefficient (Wildman–Crippen LogP) is 3.01. The Morgan fingerprint density at radius 2 is 1.70 bits per heavy atom. The van der Waals surface area contributed by atoms with Crippen LogP contribution in [0.4, 0.5) is 0 Å². The lowest BCUT2D eigenvalue weighted by molar-refractivity contribution is 1.42. The zero-order valence-corrected chi connectivity index (χ0v) is 6.46. The van der Waals surface area contributed by atoms with Crippen LogP contribution >= 0.6 is 0 Å². The Morgan fingerprint density at radius 3 is 2.50 bits per heavy atom. The first kappa shape index (κ1) is 7.07. The van der Waals surface area contributed by atoms with Crippen molar-refractivity contribution < 1.29 is 0 Å². The topological polar surface area (TPSA) is 0 Å². The van der Waals surface area contributed by atoms with E-state index in [1.165, 1.54) is 11.1 Å². The van der Waals surface area contributed by atoms with Crippen LogP contribution in [0.5, 0.6) is 0 Å². The van der Waals surface area contributed by atoms with Gasteiger partial charge in [-0.1, -0.05) is 47.6 Å². The van der Waals surface area contributed by atoms with E-state index in [0.29, 0.717) is 0 Å². The van der Waals surface area contributed by atoms with E-state index in [4.69, 9.17) is 0 Å². The number of hydrogen-bond donors (Lipinski definition) is 0. The van der Waals surface area contributed by atoms with E-state index < -0.39 is 0 Å². The smallest absolute Gasteiger partial charge is 0.0398 e. The van der Waals surface area contributed by atoms with Gasteiger partial charge >= 0.3 is 0 Å². The fourth-order valence-electron chi connectivity index (χ4n) is 0.934. The van der Waals surface area contributed by atoms with E-state index >= 15 is 0 Å². The average molecular weight is 132 g/mol. The van der Waals surface area contributed by atoms with Gasteiger partial charge in [0.2, 0.25) is 0 Å². The molecule has 0 aromatic heterocycles. The predicted molar refractivity (Wildman–Crippen MR) is 45.8 cm³/mol. The van der Waals surface area contributed by atoms with Crippen molar-refractivity contribution >= 4 is 0 Å². The third kappa shape index (κ3) is 2.06. The summed E-state index contributed by atoms with van der Waals surface area (Å²) in [5.74, 6) is 0. The van der Waals surface area contributed by atoms with Crippen molar-refractivity contribution in [3.8, 4) is 0 Å². The summed E-state index contributed by atoms with van der Waals surface area (Å²) in [6.07, 6.45) is 12.5. The van der Waals surface area contributed by atoms with Crippen LogP contribution in [0.3, 0.4) is 0 Å². The van der Waals surface area contributed by atoms with Gasteiger partial charge in [-0.3, -0.25) is 0 Å². The Kier molecular flexibility index (Phi) is 2.27. The molecule has 1 rings (SSSR count). The van der Waals surface area contributed by atoms with Crippen LogP contribution in [0.25, 0.3) is 0 Å². The van der Waals surface area contributed by atoms with Crippen molar-refractivity contribution in [1.82, 2.24) is 0 Å². The molecule has 0 atom stereocenters. The van der Waals surface area contributed by atoms with Crippen molar-refractivity contribution in [2.45, 2.75) is 13.8 Å². The second-order valence-corrected chi connectivity index (χ2v) is 2.54. The second-order valence-electron chi connectivity index (χ2n) is 2.54. The molecule has 0 aliphatic heterocycles. The summed E-state index contributed by atoms with van der Waals surface area (Å²) in [6.45, 7) is 4.21. The quantitative estimate of drug-likeness (QED) is 0.475. The molecule has 0 spiro atoms. The molecule has 0 unspecified atom stereocenters. The summed E-state index contributed by atoms with van der Waals surface area (Å²) in [5, 5.41) is 0. The first-order chi connectivity index (χ1) is 4.79. The molecule has 0 fully saturated rings. The highest BCUT2D eigenvalue weighted by Crippen LogP contribution is 2.05. The zero-order valence-electron chi connectivity index (χ0n) is 6.46. The van der Waals surface area contributed by atoms with Gasteiger partial charge in [-0.2, -0.15) is 0 Å². The number of hydrogen-bond acceptors (Lipinski definition) is 0. The molecule has 0 amide bonds. The summed E-state index contributed by atoms with van der Waals surface area (Å²) in [6, 6.07) is 0. The minimum atomic E-state index is 1.30. The molecule has 0 heteroatoms. The van der Waals surface area contributed by atoms with E-state index in [9.17, 15) is 0 Å². The Hall–Kier alpha value is -1.04. The highest BCUT2D eigenvalue weighted by atomic mass is 13.9. The monoisotopic (exact) mass is 132 g/mol. The standard InChI is InChI=1S/C10H12/c1-9-6-4-3-5-7-10(2)8-9/h3-8H,1-2H3/b4-3-,5-3?,6-4?,7-5-,9-6-,9-8?,10-7?,10-8-. The molecule has 0 bridgehead atoms. The minimum absolute atomic E-state index is 1.30. The molecule has 10 heavy (non-hydrogen) atoms. The molecule has 0 nitrogen and oxygen atoms in total. The largest absolute Gasteiger partial charge is 0.0622 e. The molecule has 0 saturated carbocycles. The van der Waals surface area contributed by atoms with Crippen molar-refractivity contribution in [3.63, 3.8) is 0 Å². The van der Waals surface area contributed by atoms with Crippen molar-refractivity contribution in [2.75, 3.05) is 0 Å². The summed E-state index contributed by atoms with van der Waals surface area (Å²) in [4.78, 5) is 0. The van der Waals surface area contributed by atoms with Crippen molar-refractivity contribution in [2.24, 2.45) is 0 Å². The first-order valence-corrected chi connectivity index (χ1v) is 3.49. The summed E-state index contributed by atoms with van der Waals surface area (Å²) in [7, 11) is 0. The highest BCUT2D eigenvalue weighted by Gasteiger charge is 1.84. The van der Waals surface area contributed by atoms with E-state index in [0.717, 1.165) is 0 Å². The lowest BCUT2D eigenvalue weighted by Gasteiger charge is -1.94. The molecule has 1 aliphatic carbocycles. The molecule has 0 N–H and O–H groups in total. The highest BCUT2D eigenvalue weighted by molar-refractivity contribution is 5.34. The third-order valence-electron chi connectivity index (χ3n) is 1.40. The average Bonchev–Trinajstić information content (AvgIpc) is 1.83. The van der Waals surface area contributed by atoms with Gasteiger partial charge in [0, 0.05) is 0 Å². The van der Waals surface area contributed by atoms with E-state index in [1.54, 1.807) is 0 Å². The first-order valence-electron chi connectivity index (χ1n) is 3.49. The van der Waals surface area contributed by atoms with E-state index in [2.05, 4.69) is 44.2 Å². The van der Waals surface area contributed by atoms with Crippen LogP contribution in [0.1, 0.15) is 13.8 Å². The van der Waals surface area contributed by atoms with Gasteiger partial charge in [-0.25, -0.2) is 0 Å². The maximum absolute atomic E-state index is 2.17. The van der Waals surface area contributed by atoms with Crippen LogP contribution in [-0.2, 0) is 0 Å². The number of rotatable bonds is 0. The van der Waals surface area contributed by atoms with Crippen LogP contribution in [-0.4, -0.2) is 0 Å². The fourth-order valence-corrected chi connectivity index (χ4v) is 0.934. The molecular weight excluding hydrogens is 120 g/mol. The van der Waals surface area contributed by atoms with Crippen LogP contribution in [0.15, 0.2) is 47.6 Å². The third-order valence-corrected chi connectivity index (χ3v) is 1.40. The second kappa shape index (κ2) is 3.21. The fraction of sp³-hybridized carbons (Fsp3) is 0.200. The van der Waals surface area contributed by atoms with Crippen LogP contribution < -0.4 is 0 Å². The van der Waals surface area contributed by atoms with E-state index in [1.807, 2.05) is 6.08 Å². The molecular formula is C10H12. The van der Waals surface area contributed by atoms with E-state index in [-0.39, 0.29) is 0 Å². The van der Waals surface area contributed by atoms with Gasteiger partial charge < -0.3 is 0 Å². The Morgan fingerprint density at radius 1 is 0.900 bits per heavy atom. The normalized spacial score (nSPS) is 34.2. The van der Waals surface area contributed by atoms with Gasteiger partial charge in [0.1, 0.15) is 0 Å². The summed E-state index contributed by atoms with van der Waals surface area (Å²) in [5.41, 5.74) is 2.61. The zero-order chi connectivity index (χ0) is 7.40. The SMILES string of the molecule is CC1=C/C=C\C=C/C(C)=C\1. The molecule has 52 valence electrons. The molecule has 0 saturated heterocycles.